The van der Waals surface area contributed by atoms with Crippen molar-refractivity contribution in [1.82, 2.24) is 69.1 Å². The topological polar surface area (TPSA) is 859 Å². The van der Waals surface area contributed by atoms with Gasteiger partial charge in [0.05, 0.1) is 64.7 Å². The van der Waals surface area contributed by atoms with Crippen molar-refractivity contribution in [2.24, 2.45) is 22.9 Å². The summed E-state index contributed by atoms with van der Waals surface area (Å²) < 4.78 is 0. The van der Waals surface area contributed by atoms with E-state index in [0.29, 0.717) is 0 Å². The minimum atomic E-state index is -2.45. The molecule has 0 rings (SSSR count). The van der Waals surface area contributed by atoms with Crippen molar-refractivity contribution in [1.29, 1.82) is 0 Å². The number of primary amides is 4. The molecule has 50 heteroatoms. The summed E-state index contributed by atoms with van der Waals surface area (Å²) in [5.41, 5.74) is 20.7. The van der Waals surface area contributed by atoms with Gasteiger partial charge in [-0.15, -0.1) is 0 Å². The summed E-state index contributed by atoms with van der Waals surface area (Å²) in [6.45, 7) is -2.79. The SMILES string of the molecule is CC(=O)NCC(=O)N[C@H](CC(=O)O)C(=O)NC(CC(N)=O)C(=O)N[C@H](CC(=O)O)C(=O)NC(CO)C(=O)N[C@H](CCC(=O)O)C(=O)N[C@H](CC(=O)O)C(=O)N[C@H](CC(N)=O)C(=O)N[C@H](CO)C(=O)N[C@H](CC(=O)O)C(=O)N[C@H](CCC(O)O)C(=O)N[C@H](CCC(O)O)C(=O)N[C@H](CC(N)=O)C(N)=O. The number of carbonyl (C=O) groups excluding carboxylic acids is 17. The van der Waals surface area contributed by atoms with Gasteiger partial charge >= 0.3 is 29.8 Å². The number of aliphatic hydroxyl groups is 6. The molecule has 32 N–H and O–H groups in total. The van der Waals surface area contributed by atoms with Crippen LogP contribution in [0.1, 0.15) is 90.4 Å². The van der Waals surface area contributed by atoms with E-state index in [-0.39, 0.29) is 0 Å². The van der Waals surface area contributed by atoms with Crippen LogP contribution in [-0.2, 0) is 105 Å². The third kappa shape index (κ3) is 37.8. The third-order valence-corrected chi connectivity index (χ3v) is 13.3. The number of amides is 17. The molecule has 12 atom stereocenters. The molecule has 0 heterocycles. The Morgan fingerprint density at radius 3 is 0.748 bits per heavy atom. The molecule has 0 aliphatic rings. The van der Waals surface area contributed by atoms with E-state index in [1.54, 1.807) is 10.6 Å². The molecule has 50 nitrogen and oxygen atoms in total. The highest BCUT2D eigenvalue weighted by Gasteiger charge is 2.39. The predicted octanol–water partition coefficient (Wildman–Crippen LogP) is -17.0. The summed E-state index contributed by atoms with van der Waals surface area (Å²) in [6.07, 6.45) is -18.2. The molecule has 0 bridgehead atoms. The molecule has 0 aromatic heterocycles. The van der Waals surface area contributed by atoms with Crippen molar-refractivity contribution >= 4 is 130 Å². The molecule has 0 spiro atoms. The zero-order chi connectivity index (χ0) is 79.3. The molecule has 17 amide bonds. The van der Waals surface area contributed by atoms with Crippen LogP contribution in [0, 0.1) is 0 Å². The van der Waals surface area contributed by atoms with Gasteiger partial charge in [0.2, 0.25) is 100 Å². The lowest BCUT2D eigenvalue weighted by atomic mass is 10.0. The highest BCUT2D eigenvalue weighted by Crippen LogP contribution is 2.11. The Hall–Kier alpha value is -11.9. The van der Waals surface area contributed by atoms with Crippen LogP contribution in [0.5, 0.6) is 0 Å². The van der Waals surface area contributed by atoms with E-state index >= 15 is 0 Å². The maximum atomic E-state index is 13.8. The van der Waals surface area contributed by atoms with Gasteiger partial charge in [-0.1, -0.05) is 0 Å². The molecule has 0 aliphatic heterocycles. The summed E-state index contributed by atoms with van der Waals surface area (Å²) >= 11 is 0. The number of carbonyl (C=O) groups is 22. The van der Waals surface area contributed by atoms with Gasteiger partial charge < -0.3 is 148 Å². The number of aliphatic carboxylic acids is 5. The maximum absolute atomic E-state index is 13.8. The van der Waals surface area contributed by atoms with Crippen molar-refractivity contribution in [3.8, 4) is 0 Å². The number of carboxylic acids is 5. The van der Waals surface area contributed by atoms with E-state index in [4.69, 9.17) is 22.9 Å². The number of rotatable bonds is 51. The second-order valence-corrected chi connectivity index (χ2v) is 21.9. The molecular formula is C53H81N17O33. The van der Waals surface area contributed by atoms with E-state index in [1.807, 2.05) is 47.9 Å². The van der Waals surface area contributed by atoms with Crippen molar-refractivity contribution in [2.45, 2.75) is 175 Å². The average Bonchev–Trinajstić information content (AvgIpc) is 0.825. The molecule has 2 unspecified atom stereocenters. The Morgan fingerprint density at radius 1 is 0.282 bits per heavy atom. The van der Waals surface area contributed by atoms with E-state index in [2.05, 4.69) is 10.6 Å². The molecule has 0 aliphatic carbocycles. The fourth-order valence-electron chi connectivity index (χ4n) is 8.32. The number of hydrogen-bond acceptors (Lipinski definition) is 28. The molecule has 0 radical (unpaired) electrons. The van der Waals surface area contributed by atoms with Crippen LogP contribution in [0.15, 0.2) is 0 Å². The zero-order valence-corrected chi connectivity index (χ0v) is 54.1. The average molecular weight is 1480 g/mol. The molecule has 0 aromatic rings. The smallest absolute Gasteiger partial charge is 0.305 e. The molecule has 0 aromatic carbocycles. The van der Waals surface area contributed by atoms with Crippen LogP contribution in [0.3, 0.4) is 0 Å². The van der Waals surface area contributed by atoms with Gasteiger partial charge in [0.25, 0.3) is 0 Å². The quantitative estimate of drug-likeness (QED) is 0.0252. The largest absolute Gasteiger partial charge is 0.481 e. The Morgan fingerprint density at radius 2 is 0.505 bits per heavy atom. The minimum Gasteiger partial charge on any atom is -0.481 e. The van der Waals surface area contributed by atoms with Gasteiger partial charge in [0.15, 0.2) is 12.6 Å². The van der Waals surface area contributed by atoms with Crippen molar-refractivity contribution < 1.29 is 162 Å². The predicted molar refractivity (Wildman–Crippen MR) is 327 cm³/mol. The first-order chi connectivity index (χ1) is 47.8. The molecule has 576 valence electrons. The van der Waals surface area contributed by atoms with E-state index in [0.717, 1.165) is 6.92 Å². The first-order valence-corrected chi connectivity index (χ1v) is 29.9. The first kappa shape index (κ1) is 91.1. The van der Waals surface area contributed by atoms with Gasteiger partial charge in [0, 0.05) is 26.2 Å². The Balaban J connectivity index is 6.93. The standard InChI is InChI=1S/C53H81N17O33/c1-18(73)58-15-34(77)59-25(11-38(84)85)48(98)64-23(9-32(55)75)46(96)67-28(14-41(90)91)51(101)70-29(16-71)52(102)62-21(4-7-37(82)83)45(95)66-27(13-40(88)89)50(100)65-24(10-33(56)76)47(97)69-30(17-72)53(103)68-26(12-39(86)87)49(99)61-19(2-5-35(78)79)43(93)60-20(3-6-36(80)81)44(94)63-22(42(57)92)8-31(54)74/h19-30,35-36,71-72,78-81H,2-17H2,1H3,(H2,54,74)(H2,55,75)(H2,56,76)(H2,57,92)(H,58,73)(H,59,77)(H,60,93)(H,61,99)(H,62,102)(H,63,94)(H,64,98)(H,65,100)(H,66,95)(H,67,96)(H,68,103)(H,69,97)(H,70,101)(H,82,83)(H,84,85)(H,86,87)(H,88,89)(H,90,91)/t19-,20-,21-,22-,23?,24-,25-,26-,27-,28-,29?,30-/m1/s1. The summed E-state index contributed by atoms with van der Waals surface area (Å²) in [4.78, 5) is 279. The lowest BCUT2D eigenvalue weighted by Crippen LogP contribution is -2.62. The summed E-state index contributed by atoms with van der Waals surface area (Å²) in [7, 11) is 0. The van der Waals surface area contributed by atoms with Crippen molar-refractivity contribution in [2.75, 3.05) is 19.8 Å². The first-order valence-electron chi connectivity index (χ1n) is 29.9. The summed E-state index contributed by atoms with van der Waals surface area (Å²) in [5.74, 6) is -33.9. The van der Waals surface area contributed by atoms with Crippen molar-refractivity contribution in [3.05, 3.63) is 0 Å². The highest BCUT2D eigenvalue weighted by molar-refractivity contribution is 6.03. The van der Waals surface area contributed by atoms with Crippen LogP contribution in [0.4, 0.5) is 0 Å². The van der Waals surface area contributed by atoms with Crippen LogP contribution in [-0.4, -0.2) is 291 Å². The second-order valence-electron chi connectivity index (χ2n) is 21.9. The molecule has 0 saturated heterocycles. The third-order valence-electron chi connectivity index (χ3n) is 13.3. The van der Waals surface area contributed by atoms with Crippen LogP contribution in [0.2, 0.25) is 0 Å². The van der Waals surface area contributed by atoms with Crippen molar-refractivity contribution in [3.63, 3.8) is 0 Å². The number of carboxylic acid groups (broad SMARTS) is 5. The van der Waals surface area contributed by atoms with Crippen LogP contribution < -0.4 is 92.1 Å². The van der Waals surface area contributed by atoms with Gasteiger partial charge in [0.1, 0.15) is 72.5 Å². The Bertz CT molecular complexity index is 3170. The van der Waals surface area contributed by atoms with Crippen LogP contribution in [0.25, 0.3) is 0 Å². The molecule has 0 saturated carbocycles. The number of hydrogen-bond donors (Lipinski definition) is 28. The molecule has 103 heavy (non-hydrogen) atoms. The molecule has 0 fully saturated rings. The lowest BCUT2D eigenvalue weighted by molar-refractivity contribution is -0.143. The number of nitrogens with two attached hydrogens (primary N) is 4. The number of nitrogens with one attached hydrogen (secondary N) is 13. The Kier molecular flexibility index (Phi) is 40.4. The van der Waals surface area contributed by atoms with Gasteiger partial charge in [-0.05, 0) is 19.3 Å². The van der Waals surface area contributed by atoms with E-state index in [9.17, 15) is 162 Å². The monoisotopic (exact) mass is 1480 g/mol. The van der Waals surface area contributed by atoms with Gasteiger partial charge in [-0.3, -0.25) is 105 Å². The maximum Gasteiger partial charge on any atom is 0.305 e. The lowest BCUT2D eigenvalue weighted by Gasteiger charge is -2.27. The van der Waals surface area contributed by atoms with E-state index in [1.165, 1.54) is 0 Å². The fourth-order valence-corrected chi connectivity index (χ4v) is 8.32. The second kappa shape index (κ2) is 45.7. The highest BCUT2D eigenvalue weighted by atomic mass is 16.5. The fraction of sp³-hybridized carbons (Fsp3) is 0.585. The normalized spacial score (nSPS) is 14.3. The zero-order valence-electron chi connectivity index (χ0n) is 54.1. The summed E-state index contributed by atoms with van der Waals surface area (Å²) in [6, 6.07) is -26.4. The van der Waals surface area contributed by atoms with Gasteiger partial charge in [-0.25, -0.2) is 0 Å². The van der Waals surface area contributed by atoms with Crippen LogP contribution >= 0.6 is 0 Å². The van der Waals surface area contributed by atoms with Gasteiger partial charge in [-0.2, -0.15) is 0 Å². The number of aliphatic hydroxyl groups excluding tert-OH is 4. The molecular weight excluding hydrogens is 1400 g/mol. The Labute approximate surface area is 578 Å². The summed E-state index contributed by atoms with van der Waals surface area (Å²) in [5, 5.41) is 131. The minimum absolute atomic E-state index is 0.674. The van der Waals surface area contributed by atoms with E-state index < -0.39 is 319 Å².